The summed E-state index contributed by atoms with van der Waals surface area (Å²) in [5, 5.41) is 2.48. The largest absolute Gasteiger partial charge is 0.416 e. The van der Waals surface area contributed by atoms with Crippen molar-refractivity contribution in [2.75, 3.05) is 5.32 Å². The minimum Gasteiger partial charge on any atom is -0.324 e. The van der Waals surface area contributed by atoms with Crippen LogP contribution in [0.5, 0.6) is 0 Å². The topological polar surface area (TPSA) is 46.2 Å². The van der Waals surface area contributed by atoms with Crippen LogP contribution < -0.4 is 5.32 Å². The highest BCUT2D eigenvalue weighted by Gasteiger charge is 2.68. The SMILES string of the molecule is CC1(C)C2CCC1(C(=O)Nc1cc(C(F)(F)F)ccc1Cl)C(=O)C2. The number of amides is 1. The molecule has 2 aliphatic carbocycles. The normalized spacial score (nSPS) is 28.2. The molecular formula is C17H17ClF3NO2. The summed E-state index contributed by atoms with van der Waals surface area (Å²) in [7, 11) is 0. The van der Waals surface area contributed by atoms with Gasteiger partial charge in [0.2, 0.25) is 5.91 Å². The van der Waals surface area contributed by atoms with Crippen molar-refractivity contribution in [2.24, 2.45) is 16.7 Å². The molecule has 130 valence electrons. The molecule has 1 aromatic carbocycles. The number of carbonyl (C=O) groups excluding carboxylic acids is 2. The van der Waals surface area contributed by atoms with Gasteiger partial charge in [0.15, 0.2) is 0 Å². The van der Waals surface area contributed by atoms with Gasteiger partial charge < -0.3 is 5.32 Å². The number of nitrogens with one attached hydrogen (secondary N) is 1. The number of halogens is 4. The average molecular weight is 360 g/mol. The highest BCUT2D eigenvalue weighted by atomic mass is 35.5. The number of rotatable bonds is 2. The van der Waals surface area contributed by atoms with E-state index in [4.69, 9.17) is 11.6 Å². The molecule has 7 heteroatoms. The van der Waals surface area contributed by atoms with Gasteiger partial charge in [-0.3, -0.25) is 9.59 Å². The van der Waals surface area contributed by atoms with E-state index >= 15 is 0 Å². The van der Waals surface area contributed by atoms with Gasteiger partial charge in [-0.2, -0.15) is 13.2 Å². The molecule has 2 bridgehead atoms. The van der Waals surface area contributed by atoms with Gasteiger partial charge in [-0.15, -0.1) is 0 Å². The molecule has 0 spiro atoms. The Morgan fingerprint density at radius 1 is 1.33 bits per heavy atom. The van der Waals surface area contributed by atoms with E-state index in [0.29, 0.717) is 12.8 Å². The van der Waals surface area contributed by atoms with Crippen molar-refractivity contribution < 1.29 is 22.8 Å². The summed E-state index contributed by atoms with van der Waals surface area (Å²) in [4.78, 5) is 25.3. The summed E-state index contributed by atoms with van der Waals surface area (Å²) in [6.07, 6.45) is -3.01. The van der Waals surface area contributed by atoms with Crippen LogP contribution in [-0.4, -0.2) is 11.7 Å². The fraction of sp³-hybridized carbons (Fsp3) is 0.529. The molecular weight excluding hydrogens is 343 g/mol. The minimum atomic E-state index is -4.54. The van der Waals surface area contributed by atoms with Gasteiger partial charge in [0, 0.05) is 6.42 Å². The second-order valence-corrected chi connectivity index (χ2v) is 7.54. The third kappa shape index (κ3) is 2.26. The van der Waals surface area contributed by atoms with Gasteiger partial charge in [-0.05, 0) is 42.4 Å². The first-order chi connectivity index (χ1) is 11.0. The molecule has 3 nitrogen and oxygen atoms in total. The van der Waals surface area contributed by atoms with Gasteiger partial charge in [0.05, 0.1) is 16.3 Å². The molecule has 0 saturated heterocycles. The lowest BCUT2D eigenvalue weighted by Crippen LogP contribution is -2.46. The van der Waals surface area contributed by atoms with Gasteiger partial charge in [0.25, 0.3) is 0 Å². The number of carbonyl (C=O) groups is 2. The van der Waals surface area contributed by atoms with E-state index in [-0.39, 0.29) is 22.4 Å². The Hall–Kier alpha value is -1.56. The zero-order valence-electron chi connectivity index (χ0n) is 13.3. The number of alkyl halides is 3. The number of hydrogen-bond acceptors (Lipinski definition) is 2. The average Bonchev–Trinajstić information content (AvgIpc) is 2.83. The van der Waals surface area contributed by atoms with Crippen LogP contribution in [0.4, 0.5) is 18.9 Å². The first-order valence-electron chi connectivity index (χ1n) is 7.71. The lowest BCUT2D eigenvalue weighted by Gasteiger charge is -2.35. The maximum Gasteiger partial charge on any atom is 0.416 e. The van der Waals surface area contributed by atoms with Crippen LogP contribution in [0.1, 0.15) is 38.7 Å². The third-order valence-electron chi connectivity index (χ3n) is 5.83. The van der Waals surface area contributed by atoms with Crippen LogP contribution in [-0.2, 0) is 15.8 Å². The number of Topliss-reactive ketones (excluding diaryl/α,β-unsaturated/α-hetero) is 1. The predicted molar refractivity (Wildman–Crippen MR) is 83.6 cm³/mol. The summed E-state index contributed by atoms with van der Waals surface area (Å²) in [5.74, 6) is -0.559. The molecule has 2 fully saturated rings. The Bertz CT molecular complexity index is 729. The monoisotopic (exact) mass is 359 g/mol. The summed E-state index contributed by atoms with van der Waals surface area (Å²) in [6.45, 7) is 3.76. The van der Waals surface area contributed by atoms with Crippen molar-refractivity contribution in [2.45, 2.75) is 39.3 Å². The number of hydrogen-bond donors (Lipinski definition) is 1. The molecule has 0 radical (unpaired) electrons. The van der Waals surface area contributed by atoms with Crippen molar-refractivity contribution in [3.05, 3.63) is 28.8 Å². The van der Waals surface area contributed by atoms with Gasteiger partial charge >= 0.3 is 6.18 Å². The van der Waals surface area contributed by atoms with Crippen LogP contribution in [0.2, 0.25) is 5.02 Å². The third-order valence-corrected chi connectivity index (χ3v) is 6.16. The second-order valence-electron chi connectivity index (χ2n) is 7.14. The standard InChI is InChI=1S/C17H17ClF3NO2/c1-15(2)9-5-6-16(15,13(23)8-9)14(24)22-12-7-10(17(19,20)21)3-4-11(12)18/h3-4,7,9H,5-6,8H2,1-2H3,(H,22,24). The fourth-order valence-electron chi connectivity index (χ4n) is 4.24. The Kier molecular flexibility index (Phi) is 3.75. The Balaban J connectivity index is 1.95. The van der Waals surface area contributed by atoms with Crippen LogP contribution in [0, 0.1) is 16.7 Å². The molecule has 0 aromatic heterocycles. The zero-order valence-corrected chi connectivity index (χ0v) is 14.0. The number of fused-ring (bicyclic) bond motifs is 2. The Labute approximate surface area is 142 Å². The fourth-order valence-corrected chi connectivity index (χ4v) is 4.40. The number of benzene rings is 1. The smallest absolute Gasteiger partial charge is 0.324 e. The first-order valence-corrected chi connectivity index (χ1v) is 8.09. The maximum absolute atomic E-state index is 12.9. The molecule has 2 saturated carbocycles. The molecule has 2 atom stereocenters. The Morgan fingerprint density at radius 3 is 2.50 bits per heavy atom. The minimum absolute atomic E-state index is 0.00514. The Morgan fingerprint density at radius 2 is 2.00 bits per heavy atom. The van der Waals surface area contributed by atoms with E-state index in [2.05, 4.69) is 5.32 Å². The van der Waals surface area contributed by atoms with Crippen molar-refractivity contribution in [3.63, 3.8) is 0 Å². The predicted octanol–water partition coefficient (Wildman–Crippen LogP) is 4.69. The van der Waals surface area contributed by atoms with Crippen LogP contribution in [0.25, 0.3) is 0 Å². The van der Waals surface area contributed by atoms with Crippen molar-refractivity contribution in [3.8, 4) is 0 Å². The molecule has 2 unspecified atom stereocenters. The second kappa shape index (κ2) is 5.22. The van der Waals surface area contributed by atoms with Crippen LogP contribution in [0.15, 0.2) is 18.2 Å². The van der Waals surface area contributed by atoms with Crippen LogP contribution >= 0.6 is 11.6 Å². The van der Waals surface area contributed by atoms with E-state index in [1.807, 2.05) is 13.8 Å². The molecule has 1 aromatic rings. The van der Waals surface area contributed by atoms with Crippen molar-refractivity contribution in [1.82, 2.24) is 0 Å². The molecule has 0 aliphatic heterocycles. The highest BCUT2D eigenvalue weighted by molar-refractivity contribution is 6.34. The molecule has 24 heavy (non-hydrogen) atoms. The van der Waals surface area contributed by atoms with E-state index in [1.165, 1.54) is 0 Å². The molecule has 2 aliphatic rings. The molecule has 1 amide bonds. The summed E-state index contributed by atoms with van der Waals surface area (Å²) >= 11 is 5.94. The molecule has 3 rings (SSSR count). The van der Waals surface area contributed by atoms with Crippen LogP contribution in [0.3, 0.4) is 0 Å². The van der Waals surface area contributed by atoms with E-state index < -0.39 is 28.5 Å². The first kappa shape index (κ1) is 17.3. The highest BCUT2D eigenvalue weighted by Crippen LogP contribution is 2.64. The molecule has 0 heterocycles. The molecule has 1 N–H and O–H groups in total. The summed E-state index contributed by atoms with van der Waals surface area (Å²) in [5.41, 5.74) is -2.72. The quantitative estimate of drug-likeness (QED) is 0.778. The van der Waals surface area contributed by atoms with E-state index in [1.54, 1.807) is 0 Å². The lowest BCUT2D eigenvalue weighted by molar-refractivity contribution is -0.141. The van der Waals surface area contributed by atoms with Crippen molar-refractivity contribution in [1.29, 1.82) is 0 Å². The number of anilines is 1. The van der Waals surface area contributed by atoms with Gasteiger partial charge in [0.1, 0.15) is 11.2 Å². The zero-order chi connectivity index (χ0) is 17.9. The maximum atomic E-state index is 12.9. The lowest BCUT2D eigenvalue weighted by atomic mass is 9.68. The van der Waals surface area contributed by atoms with Crippen molar-refractivity contribution >= 4 is 29.0 Å². The van der Waals surface area contributed by atoms with E-state index in [0.717, 1.165) is 24.6 Å². The number of ketones is 1. The summed E-state index contributed by atoms with van der Waals surface area (Å²) < 4.78 is 38.6. The summed E-state index contributed by atoms with van der Waals surface area (Å²) in [6, 6.07) is 2.75. The van der Waals surface area contributed by atoms with Gasteiger partial charge in [-0.1, -0.05) is 25.4 Å². The van der Waals surface area contributed by atoms with Gasteiger partial charge in [-0.25, -0.2) is 0 Å². The van der Waals surface area contributed by atoms with E-state index in [9.17, 15) is 22.8 Å².